The van der Waals surface area contributed by atoms with E-state index in [1.54, 1.807) is 21.0 Å². The lowest BCUT2D eigenvalue weighted by Gasteiger charge is -2.16. The molecule has 0 aliphatic rings. The van der Waals surface area contributed by atoms with Crippen LogP contribution in [0.1, 0.15) is 6.92 Å². The van der Waals surface area contributed by atoms with Crippen LogP contribution < -0.4 is 5.32 Å². The number of anilines is 1. The Morgan fingerprint density at radius 1 is 1.32 bits per heavy atom. The molecule has 1 heterocycles. The molecule has 1 atom stereocenters. The van der Waals surface area contributed by atoms with Gasteiger partial charge in [-0.05, 0) is 24.2 Å². The number of amides is 1. The fourth-order valence-corrected chi connectivity index (χ4v) is 1.62. The summed E-state index contributed by atoms with van der Waals surface area (Å²) in [7, 11) is 3.40. The van der Waals surface area contributed by atoms with Crippen LogP contribution in [0.5, 0.6) is 0 Å². The monoisotopic (exact) mass is 260 g/mol. The minimum absolute atomic E-state index is 0.0499. The molecule has 19 heavy (non-hydrogen) atoms. The number of carbonyl (C=O) groups is 1. The van der Waals surface area contributed by atoms with Crippen molar-refractivity contribution in [3.05, 3.63) is 30.3 Å². The summed E-state index contributed by atoms with van der Waals surface area (Å²) in [6, 6.07) is 9.06. The molecule has 1 N–H and O–H groups in total. The van der Waals surface area contributed by atoms with E-state index in [1.807, 2.05) is 30.3 Å². The normalized spacial score (nSPS) is 11.9. The standard InChI is InChI=1S/C13H16N4O2/c1-9(12(18)17(2)3)14-13-15-11(19-16-13)10-7-5-4-6-8-10/h4-9H,1-3H3,(H,14,16)/t9-/m0/s1. The van der Waals surface area contributed by atoms with E-state index >= 15 is 0 Å². The SMILES string of the molecule is C[C@H](Nc1noc(-c2ccccc2)n1)C(=O)N(C)C. The number of carbonyl (C=O) groups excluding carboxylic acids is 1. The lowest BCUT2D eigenvalue weighted by molar-refractivity contribution is -0.129. The van der Waals surface area contributed by atoms with Crippen LogP contribution in [0, 0.1) is 0 Å². The van der Waals surface area contributed by atoms with Crippen molar-refractivity contribution in [3.8, 4) is 11.5 Å². The average molecular weight is 260 g/mol. The zero-order valence-corrected chi connectivity index (χ0v) is 11.1. The topological polar surface area (TPSA) is 71.3 Å². The second-order valence-corrected chi connectivity index (χ2v) is 4.39. The first-order valence-electron chi connectivity index (χ1n) is 5.95. The van der Waals surface area contributed by atoms with E-state index in [0.717, 1.165) is 5.56 Å². The second kappa shape index (κ2) is 5.51. The molecule has 1 aromatic heterocycles. The van der Waals surface area contributed by atoms with E-state index in [9.17, 15) is 4.79 Å². The summed E-state index contributed by atoms with van der Waals surface area (Å²) >= 11 is 0. The molecule has 0 spiro atoms. The van der Waals surface area contributed by atoms with Crippen molar-refractivity contribution in [2.45, 2.75) is 13.0 Å². The summed E-state index contributed by atoms with van der Waals surface area (Å²) in [5.74, 6) is 0.681. The minimum Gasteiger partial charge on any atom is -0.347 e. The van der Waals surface area contributed by atoms with Crippen LogP contribution in [0.4, 0.5) is 5.95 Å². The first kappa shape index (κ1) is 13.1. The van der Waals surface area contributed by atoms with Crippen molar-refractivity contribution < 1.29 is 9.32 Å². The summed E-state index contributed by atoms with van der Waals surface area (Å²) < 4.78 is 5.14. The van der Waals surface area contributed by atoms with Gasteiger partial charge < -0.3 is 14.7 Å². The van der Waals surface area contributed by atoms with Crippen LogP contribution in [0.3, 0.4) is 0 Å². The van der Waals surface area contributed by atoms with Gasteiger partial charge in [0, 0.05) is 19.7 Å². The molecule has 6 heteroatoms. The molecule has 0 aliphatic carbocycles. The van der Waals surface area contributed by atoms with E-state index in [2.05, 4.69) is 15.5 Å². The molecule has 100 valence electrons. The Morgan fingerprint density at radius 2 is 2.00 bits per heavy atom. The smallest absolute Gasteiger partial charge is 0.264 e. The third kappa shape index (κ3) is 3.09. The predicted octanol–water partition coefficient (Wildman–Crippen LogP) is 1.63. The molecular weight excluding hydrogens is 244 g/mol. The fraction of sp³-hybridized carbons (Fsp3) is 0.308. The van der Waals surface area contributed by atoms with Gasteiger partial charge in [-0.1, -0.05) is 18.2 Å². The van der Waals surface area contributed by atoms with E-state index in [-0.39, 0.29) is 5.91 Å². The van der Waals surface area contributed by atoms with E-state index in [4.69, 9.17) is 4.52 Å². The van der Waals surface area contributed by atoms with Gasteiger partial charge in [0.15, 0.2) is 0 Å². The third-order valence-corrected chi connectivity index (χ3v) is 2.60. The predicted molar refractivity (Wildman–Crippen MR) is 71.5 cm³/mol. The van der Waals surface area contributed by atoms with Crippen LogP contribution >= 0.6 is 0 Å². The average Bonchev–Trinajstić information content (AvgIpc) is 2.87. The minimum atomic E-state index is -0.406. The fourth-order valence-electron chi connectivity index (χ4n) is 1.62. The molecule has 1 aromatic carbocycles. The van der Waals surface area contributed by atoms with Gasteiger partial charge in [0.1, 0.15) is 6.04 Å². The van der Waals surface area contributed by atoms with E-state index in [0.29, 0.717) is 11.8 Å². The maximum Gasteiger partial charge on any atom is 0.264 e. The Labute approximate surface area is 111 Å². The highest BCUT2D eigenvalue weighted by Gasteiger charge is 2.17. The Bertz CT molecular complexity index is 551. The highest BCUT2D eigenvalue weighted by molar-refractivity contribution is 5.83. The number of nitrogens with zero attached hydrogens (tertiary/aromatic N) is 3. The van der Waals surface area contributed by atoms with Crippen molar-refractivity contribution in [3.63, 3.8) is 0 Å². The van der Waals surface area contributed by atoms with Gasteiger partial charge in [0.2, 0.25) is 5.91 Å². The van der Waals surface area contributed by atoms with Gasteiger partial charge >= 0.3 is 0 Å². The van der Waals surface area contributed by atoms with Crippen LogP contribution in [-0.4, -0.2) is 41.1 Å². The highest BCUT2D eigenvalue weighted by Crippen LogP contribution is 2.18. The number of hydrogen-bond donors (Lipinski definition) is 1. The van der Waals surface area contributed by atoms with Gasteiger partial charge in [-0.2, -0.15) is 4.98 Å². The van der Waals surface area contributed by atoms with Gasteiger partial charge in [-0.25, -0.2) is 0 Å². The van der Waals surface area contributed by atoms with Crippen LogP contribution in [-0.2, 0) is 4.79 Å². The molecule has 2 aromatic rings. The molecular formula is C13H16N4O2. The molecule has 6 nitrogen and oxygen atoms in total. The summed E-state index contributed by atoms with van der Waals surface area (Å²) in [5.41, 5.74) is 0.842. The maximum absolute atomic E-state index is 11.7. The Morgan fingerprint density at radius 3 is 2.63 bits per heavy atom. The van der Waals surface area contributed by atoms with Crippen LogP contribution in [0.25, 0.3) is 11.5 Å². The van der Waals surface area contributed by atoms with Crippen molar-refractivity contribution in [2.75, 3.05) is 19.4 Å². The first-order chi connectivity index (χ1) is 9.08. The van der Waals surface area contributed by atoms with Crippen LogP contribution in [0.2, 0.25) is 0 Å². The highest BCUT2D eigenvalue weighted by atomic mass is 16.5. The molecule has 0 bridgehead atoms. The number of aromatic nitrogens is 2. The zero-order chi connectivity index (χ0) is 13.8. The quantitative estimate of drug-likeness (QED) is 0.904. The molecule has 0 radical (unpaired) electrons. The number of rotatable bonds is 4. The summed E-state index contributed by atoms with van der Waals surface area (Å²) in [5, 5.41) is 6.71. The van der Waals surface area contributed by atoms with Gasteiger partial charge in [-0.3, -0.25) is 4.79 Å². The molecule has 0 aliphatic heterocycles. The number of benzene rings is 1. The Kier molecular flexibility index (Phi) is 3.79. The summed E-state index contributed by atoms with van der Waals surface area (Å²) in [6.45, 7) is 1.75. The third-order valence-electron chi connectivity index (χ3n) is 2.60. The summed E-state index contributed by atoms with van der Waals surface area (Å²) in [6.07, 6.45) is 0. The summed E-state index contributed by atoms with van der Waals surface area (Å²) in [4.78, 5) is 17.4. The van der Waals surface area contributed by atoms with Crippen LogP contribution in [0.15, 0.2) is 34.9 Å². The Balaban J connectivity index is 2.08. The van der Waals surface area contributed by atoms with Gasteiger partial charge in [0.25, 0.3) is 11.8 Å². The van der Waals surface area contributed by atoms with Crippen molar-refractivity contribution in [1.29, 1.82) is 0 Å². The van der Waals surface area contributed by atoms with Gasteiger partial charge in [0.05, 0.1) is 0 Å². The van der Waals surface area contributed by atoms with Gasteiger partial charge in [-0.15, -0.1) is 0 Å². The second-order valence-electron chi connectivity index (χ2n) is 4.39. The molecule has 0 fully saturated rings. The molecule has 0 unspecified atom stereocenters. The zero-order valence-electron chi connectivity index (χ0n) is 11.1. The molecule has 2 rings (SSSR count). The Hall–Kier alpha value is -2.37. The first-order valence-corrected chi connectivity index (χ1v) is 5.95. The number of nitrogens with one attached hydrogen (secondary N) is 1. The van der Waals surface area contributed by atoms with Crippen molar-refractivity contribution >= 4 is 11.9 Å². The molecule has 1 amide bonds. The maximum atomic E-state index is 11.7. The number of hydrogen-bond acceptors (Lipinski definition) is 5. The van der Waals surface area contributed by atoms with E-state index < -0.39 is 6.04 Å². The van der Waals surface area contributed by atoms with E-state index in [1.165, 1.54) is 4.90 Å². The molecule has 0 saturated carbocycles. The number of likely N-dealkylation sites (N-methyl/N-ethyl adjacent to an activating group) is 1. The lowest BCUT2D eigenvalue weighted by Crippen LogP contribution is -2.36. The molecule has 0 saturated heterocycles. The largest absolute Gasteiger partial charge is 0.347 e. The lowest BCUT2D eigenvalue weighted by atomic mass is 10.2. The van der Waals surface area contributed by atoms with Crippen molar-refractivity contribution in [2.24, 2.45) is 0 Å². The van der Waals surface area contributed by atoms with Crippen molar-refractivity contribution in [1.82, 2.24) is 15.0 Å².